The maximum Gasteiger partial charge on any atom is 0.408 e. The Hall–Kier alpha value is -2.01. The predicted molar refractivity (Wildman–Crippen MR) is 106 cm³/mol. The monoisotopic (exact) mass is 417 g/mol. The average Bonchev–Trinajstić information content (AvgIpc) is 3.30. The molecule has 0 aliphatic heterocycles. The van der Waals surface area contributed by atoms with Gasteiger partial charge in [0.1, 0.15) is 17.1 Å². The summed E-state index contributed by atoms with van der Waals surface area (Å²) in [4.78, 5) is 12.1. The second kappa shape index (κ2) is 6.95. The number of hydrogen-bond acceptors (Lipinski definition) is 3. The summed E-state index contributed by atoms with van der Waals surface area (Å²) in [5.74, 6) is 1.60. The van der Waals surface area contributed by atoms with E-state index in [1.807, 2.05) is 64.1 Å². The Bertz CT molecular complexity index is 805. The van der Waals surface area contributed by atoms with Crippen molar-refractivity contribution in [3.63, 3.8) is 0 Å². The van der Waals surface area contributed by atoms with Gasteiger partial charge in [0.05, 0.1) is 5.54 Å². The fourth-order valence-corrected chi connectivity index (χ4v) is 3.07. The number of rotatable bonds is 4. The lowest BCUT2D eigenvalue weighted by Gasteiger charge is -2.24. The maximum absolute atomic E-state index is 12.1. The van der Waals surface area contributed by atoms with Crippen molar-refractivity contribution in [2.24, 2.45) is 0 Å². The first-order valence-corrected chi connectivity index (χ1v) is 9.52. The van der Waals surface area contributed by atoms with Gasteiger partial charge in [-0.1, -0.05) is 28.1 Å². The number of amides is 1. The molecule has 1 aliphatic carbocycles. The molecular formula is C21H24BrNO3. The van der Waals surface area contributed by atoms with E-state index in [1.165, 1.54) is 0 Å². The molecule has 2 aromatic carbocycles. The summed E-state index contributed by atoms with van der Waals surface area (Å²) in [5.41, 5.74) is 1.30. The molecule has 138 valence electrons. The van der Waals surface area contributed by atoms with Crippen LogP contribution in [0.3, 0.4) is 0 Å². The first-order chi connectivity index (χ1) is 12.2. The lowest BCUT2D eigenvalue weighted by molar-refractivity contribution is 0.0495. The molecule has 1 fully saturated rings. The Balaban J connectivity index is 1.72. The number of carbonyl (C=O) groups excluding carboxylic acids is 1. The van der Waals surface area contributed by atoms with E-state index in [0.29, 0.717) is 0 Å². The first-order valence-electron chi connectivity index (χ1n) is 8.73. The topological polar surface area (TPSA) is 47.6 Å². The summed E-state index contributed by atoms with van der Waals surface area (Å²) >= 11 is 3.42. The number of aryl methyl sites for hydroxylation is 1. The van der Waals surface area contributed by atoms with Crippen molar-refractivity contribution >= 4 is 22.0 Å². The van der Waals surface area contributed by atoms with Gasteiger partial charge in [-0.25, -0.2) is 4.79 Å². The normalized spacial score (nSPS) is 15.3. The number of halogens is 1. The zero-order valence-corrected chi connectivity index (χ0v) is 17.1. The van der Waals surface area contributed by atoms with Crippen LogP contribution in [0, 0.1) is 6.92 Å². The molecule has 0 saturated heterocycles. The highest BCUT2D eigenvalue weighted by atomic mass is 79.9. The van der Waals surface area contributed by atoms with Crippen molar-refractivity contribution in [3.8, 4) is 11.5 Å². The van der Waals surface area contributed by atoms with Crippen LogP contribution >= 0.6 is 15.9 Å². The maximum atomic E-state index is 12.1. The quantitative estimate of drug-likeness (QED) is 0.656. The van der Waals surface area contributed by atoms with Crippen molar-refractivity contribution in [1.82, 2.24) is 5.32 Å². The SMILES string of the molecule is Cc1cc(C2(NC(=O)OC(C)(C)C)CC2)ccc1Oc1ccc(Br)cc1. The van der Waals surface area contributed by atoms with Crippen LogP contribution in [0.5, 0.6) is 11.5 Å². The van der Waals surface area contributed by atoms with Crippen LogP contribution in [0.15, 0.2) is 46.9 Å². The molecule has 0 radical (unpaired) electrons. The summed E-state index contributed by atoms with van der Waals surface area (Å²) in [6, 6.07) is 13.8. The van der Waals surface area contributed by atoms with Crippen molar-refractivity contribution in [2.75, 3.05) is 0 Å². The fourth-order valence-electron chi connectivity index (χ4n) is 2.80. The van der Waals surface area contributed by atoms with Gasteiger partial charge in [-0.2, -0.15) is 0 Å². The van der Waals surface area contributed by atoms with E-state index in [0.717, 1.165) is 39.9 Å². The Morgan fingerprint density at radius 3 is 2.31 bits per heavy atom. The zero-order valence-electron chi connectivity index (χ0n) is 15.6. The minimum atomic E-state index is -0.502. The summed E-state index contributed by atoms with van der Waals surface area (Å²) in [5, 5.41) is 3.04. The molecule has 5 heteroatoms. The van der Waals surface area contributed by atoms with Gasteiger partial charge in [0.15, 0.2) is 0 Å². The lowest BCUT2D eigenvalue weighted by Crippen LogP contribution is -2.39. The van der Waals surface area contributed by atoms with Crippen LogP contribution in [-0.2, 0) is 10.3 Å². The molecule has 0 spiro atoms. The van der Waals surface area contributed by atoms with E-state index < -0.39 is 5.60 Å². The third-order valence-electron chi connectivity index (χ3n) is 4.26. The van der Waals surface area contributed by atoms with Crippen molar-refractivity contribution in [2.45, 2.75) is 51.7 Å². The molecule has 4 nitrogen and oxygen atoms in total. The third kappa shape index (κ3) is 4.58. The van der Waals surface area contributed by atoms with Gasteiger partial charge in [0, 0.05) is 4.47 Å². The van der Waals surface area contributed by atoms with Gasteiger partial charge >= 0.3 is 6.09 Å². The number of ether oxygens (including phenoxy) is 2. The van der Waals surface area contributed by atoms with E-state index in [4.69, 9.17) is 9.47 Å². The molecular weight excluding hydrogens is 394 g/mol. The smallest absolute Gasteiger partial charge is 0.408 e. The van der Waals surface area contributed by atoms with Crippen molar-refractivity contribution in [1.29, 1.82) is 0 Å². The number of nitrogens with one attached hydrogen (secondary N) is 1. The molecule has 3 rings (SSSR count). The average molecular weight is 418 g/mol. The van der Waals surface area contributed by atoms with Gasteiger partial charge in [0.25, 0.3) is 0 Å². The molecule has 1 saturated carbocycles. The number of carbonyl (C=O) groups is 1. The standard InChI is InChI=1S/C21H24BrNO3/c1-14-13-15(21(11-12-21)23-19(24)26-20(2,3)4)5-10-18(14)25-17-8-6-16(22)7-9-17/h5-10,13H,11-12H2,1-4H3,(H,23,24). The largest absolute Gasteiger partial charge is 0.457 e. The Labute approximate surface area is 163 Å². The molecule has 2 aromatic rings. The second-order valence-corrected chi connectivity index (χ2v) is 8.66. The lowest BCUT2D eigenvalue weighted by atomic mass is 10.0. The molecule has 0 unspecified atom stereocenters. The Morgan fingerprint density at radius 2 is 1.77 bits per heavy atom. The van der Waals surface area contributed by atoms with Gasteiger partial charge < -0.3 is 14.8 Å². The highest BCUT2D eigenvalue weighted by Gasteiger charge is 2.46. The van der Waals surface area contributed by atoms with Crippen LogP contribution in [0.4, 0.5) is 4.79 Å². The fraction of sp³-hybridized carbons (Fsp3) is 0.381. The molecule has 1 amide bonds. The first kappa shape index (κ1) is 18.8. The zero-order chi connectivity index (χ0) is 18.9. The van der Waals surface area contributed by atoms with E-state index in [9.17, 15) is 4.79 Å². The molecule has 1 N–H and O–H groups in total. The highest BCUT2D eigenvalue weighted by Crippen LogP contribution is 2.46. The Morgan fingerprint density at radius 1 is 1.12 bits per heavy atom. The highest BCUT2D eigenvalue weighted by molar-refractivity contribution is 9.10. The van der Waals surface area contributed by atoms with Crippen LogP contribution in [-0.4, -0.2) is 11.7 Å². The van der Waals surface area contributed by atoms with Crippen LogP contribution < -0.4 is 10.1 Å². The third-order valence-corrected chi connectivity index (χ3v) is 4.79. The van der Waals surface area contributed by atoms with Crippen molar-refractivity contribution < 1.29 is 14.3 Å². The molecule has 0 bridgehead atoms. The number of benzene rings is 2. The molecule has 0 aromatic heterocycles. The van der Waals surface area contributed by atoms with Crippen LogP contribution in [0.2, 0.25) is 0 Å². The molecule has 0 atom stereocenters. The predicted octanol–water partition coefficient (Wildman–Crippen LogP) is 6.06. The number of hydrogen-bond donors (Lipinski definition) is 1. The van der Waals surface area contributed by atoms with Crippen LogP contribution in [0.1, 0.15) is 44.7 Å². The van der Waals surface area contributed by atoms with Gasteiger partial charge in [-0.3, -0.25) is 0 Å². The molecule has 1 aliphatic rings. The molecule has 0 heterocycles. The summed E-state index contributed by atoms with van der Waals surface area (Å²) in [6.45, 7) is 7.61. The second-order valence-electron chi connectivity index (χ2n) is 7.75. The van der Waals surface area contributed by atoms with Crippen molar-refractivity contribution in [3.05, 3.63) is 58.1 Å². The van der Waals surface area contributed by atoms with E-state index in [2.05, 4.69) is 27.3 Å². The van der Waals surface area contributed by atoms with E-state index in [1.54, 1.807) is 0 Å². The van der Waals surface area contributed by atoms with Gasteiger partial charge in [-0.15, -0.1) is 0 Å². The summed E-state index contributed by atoms with van der Waals surface area (Å²) in [7, 11) is 0. The van der Waals surface area contributed by atoms with Gasteiger partial charge in [0.2, 0.25) is 0 Å². The molecule has 26 heavy (non-hydrogen) atoms. The Kier molecular flexibility index (Phi) is 5.02. The summed E-state index contributed by atoms with van der Waals surface area (Å²) < 4.78 is 12.4. The van der Waals surface area contributed by atoms with E-state index in [-0.39, 0.29) is 11.6 Å². The minimum Gasteiger partial charge on any atom is -0.457 e. The minimum absolute atomic E-state index is 0.316. The van der Waals surface area contributed by atoms with E-state index >= 15 is 0 Å². The summed E-state index contributed by atoms with van der Waals surface area (Å²) in [6.07, 6.45) is 1.46. The van der Waals surface area contributed by atoms with Gasteiger partial charge in [-0.05, 0) is 82.0 Å². The number of alkyl carbamates (subject to hydrolysis) is 1. The van der Waals surface area contributed by atoms with Crippen LogP contribution in [0.25, 0.3) is 0 Å².